The van der Waals surface area contributed by atoms with E-state index < -0.39 is 0 Å². The van der Waals surface area contributed by atoms with Gasteiger partial charge in [0.05, 0.1) is 21.9 Å². The lowest BCUT2D eigenvalue weighted by molar-refractivity contribution is -0.119. The lowest BCUT2D eigenvalue weighted by atomic mass is 9.64. The smallest absolute Gasteiger partial charge is 0.261 e. The third-order valence-corrected chi connectivity index (χ3v) is 8.41. The molecule has 1 aromatic heterocycles. The van der Waals surface area contributed by atoms with Crippen molar-refractivity contribution in [2.75, 3.05) is 38.8 Å². The van der Waals surface area contributed by atoms with E-state index in [1.165, 1.54) is 36.2 Å². The summed E-state index contributed by atoms with van der Waals surface area (Å²) in [6.07, 6.45) is 4.50. The van der Waals surface area contributed by atoms with Crippen molar-refractivity contribution in [1.82, 2.24) is 15.1 Å². The highest BCUT2D eigenvalue weighted by molar-refractivity contribution is 7.18. The number of halogens is 1. The zero-order valence-electron chi connectivity index (χ0n) is 18.5. The van der Waals surface area contributed by atoms with Gasteiger partial charge in [-0.05, 0) is 63.2 Å². The molecule has 1 aromatic carbocycles. The van der Waals surface area contributed by atoms with E-state index in [2.05, 4.69) is 53.5 Å². The van der Waals surface area contributed by atoms with Crippen LogP contribution in [0.4, 0.5) is 5.69 Å². The summed E-state index contributed by atoms with van der Waals surface area (Å²) in [6.45, 7) is 2.43. The minimum atomic E-state index is -0.305. The molecule has 3 aliphatic rings. The molecule has 3 heterocycles. The molecule has 2 saturated heterocycles. The molecular weight excluding hydrogens is 444 g/mol. The van der Waals surface area contributed by atoms with Gasteiger partial charge in [-0.15, -0.1) is 11.3 Å². The van der Waals surface area contributed by atoms with Crippen LogP contribution in [0.3, 0.4) is 0 Å². The van der Waals surface area contributed by atoms with Gasteiger partial charge < -0.3 is 10.2 Å². The number of rotatable bonds is 6. The standard InChI is InChI=1S/C24H29ClN4O2S/c1-27(2)14-24(11-3-12-24)16-4-6-17(7-5-16)29-15-28-13-10-18(21(28)23(29)31)26-22(30)19-8-9-20(25)32-19/h4-9,18,21H,3,10-15H2,1-2H3,(H,26,30)/t18-,21+/m1/s1. The topological polar surface area (TPSA) is 55.9 Å². The second-order valence-electron chi connectivity index (χ2n) is 9.56. The molecule has 2 amide bonds. The predicted octanol–water partition coefficient (Wildman–Crippen LogP) is 3.56. The average molecular weight is 473 g/mol. The van der Waals surface area contributed by atoms with E-state index in [1.807, 2.05) is 4.90 Å². The third-order valence-electron chi connectivity index (χ3n) is 7.18. The largest absolute Gasteiger partial charge is 0.346 e. The number of nitrogens with one attached hydrogen (secondary N) is 1. The Morgan fingerprint density at radius 3 is 2.56 bits per heavy atom. The van der Waals surface area contributed by atoms with Crippen LogP contribution in [0.5, 0.6) is 0 Å². The summed E-state index contributed by atoms with van der Waals surface area (Å²) in [5.41, 5.74) is 2.55. The zero-order valence-corrected chi connectivity index (χ0v) is 20.1. The van der Waals surface area contributed by atoms with Crippen LogP contribution in [0, 0.1) is 0 Å². The van der Waals surface area contributed by atoms with Crippen LogP contribution in [0.15, 0.2) is 36.4 Å². The van der Waals surface area contributed by atoms with Crippen molar-refractivity contribution in [3.05, 3.63) is 51.2 Å². The minimum absolute atomic E-state index is 0.0661. The van der Waals surface area contributed by atoms with Crippen LogP contribution in [-0.2, 0) is 10.2 Å². The Labute approximate surface area is 198 Å². The first kappa shape index (κ1) is 21.9. The van der Waals surface area contributed by atoms with Crippen LogP contribution in [0.25, 0.3) is 0 Å². The highest BCUT2D eigenvalue weighted by atomic mass is 35.5. The van der Waals surface area contributed by atoms with Crippen LogP contribution in [0.1, 0.15) is 40.9 Å². The molecular formula is C24H29ClN4O2S. The van der Waals surface area contributed by atoms with Crippen LogP contribution >= 0.6 is 22.9 Å². The number of likely N-dealkylation sites (N-methyl/N-ethyl adjacent to an activating group) is 1. The number of hydrogen-bond donors (Lipinski definition) is 1. The van der Waals surface area contributed by atoms with Gasteiger partial charge in [0.25, 0.3) is 5.91 Å². The van der Waals surface area contributed by atoms with E-state index in [1.54, 1.807) is 12.1 Å². The van der Waals surface area contributed by atoms with Gasteiger partial charge in [0.1, 0.15) is 6.04 Å². The molecule has 1 N–H and O–H groups in total. The number of benzene rings is 1. The molecule has 6 nitrogen and oxygen atoms in total. The zero-order chi connectivity index (χ0) is 22.5. The van der Waals surface area contributed by atoms with Crippen molar-refractivity contribution in [2.45, 2.75) is 43.2 Å². The molecule has 3 fully saturated rings. The SMILES string of the molecule is CN(C)CC1(c2ccc(N3CN4CC[C@@H](NC(=O)c5ccc(Cl)s5)[C@H]4C3=O)cc2)CCC1. The second-order valence-corrected chi connectivity index (χ2v) is 11.3. The lowest BCUT2D eigenvalue weighted by Crippen LogP contribution is -2.46. The summed E-state index contributed by atoms with van der Waals surface area (Å²) < 4.78 is 0.587. The molecule has 1 saturated carbocycles. The van der Waals surface area contributed by atoms with E-state index >= 15 is 0 Å². The number of fused-ring (bicyclic) bond motifs is 1. The summed E-state index contributed by atoms with van der Waals surface area (Å²) in [5.74, 6) is -0.0903. The third kappa shape index (κ3) is 3.85. The summed E-state index contributed by atoms with van der Waals surface area (Å²) in [4.78, 5) is 32.8. The van der Waals surface area contributed by atoms with Gasteiger partial charge in [-0.25, -0.2) is 0 Å². The molecule has 0 bridgehead atoms. The van der Waals surface area contributed by atoms with Crippen LogP contribution in [-0.4, -0.2) is 67.6 Å². The van der Waals surface area contributed by atoms with Gasteiger partial charge >= 0.3 is 0 Å². The molecule has 0 radical (unpaired) electrons. The second kappa shape index (κ2) is 8.45. The van der Waals surface area contributed by atoms with Crippen molar-refractivity contribution < 1.29 is 9.59 Å². The number of anilines is 1. The van der Waals surface area contributed by atoms with Gasteiger partial charge in [-0.2, -0.15) is 0 Å². The Morgan fingerprint density at radius 1 is 1.22 bits per heavy atom. The Bertz CT molecular complexity index is 1020. The number of thiophene rings is 1. The van der Waals surface area contributed by atoms with Crippen molar-refractivity contribution >= 4 is 40.4 Å². The normalized spacial score (nSPS) is 24.6. The van der Waals surface area contributed by atoms with Crippen LogP contribution < -0.4 is 10.2 Å². The first-order valence-corrected chi connectivity index (χ1v) is 12.4. The lowest BCUT2D eigenvalue weighted by Gasteiger charge is -2.44. The molecule has 32 heavy (non-hydrogen) atoms. The number of nitrogens with zero attached hydrogens (tertiary/aromatic N) is 3. The number of hydrogen-bond acceptors (Lipinski definition) is 5. The number of carbonyl (C=O) groups excluding carboxylic acids is 2. The van der Waals surface area contributed by atoms with Gasteiger partial charge in [-0.1, -0.05) is 30.2 Å². The molecule has 2 aromatic rings. The minimum Gasteiger partial charge on any atom is -0.346 e. The quantitative estimate of drug-likeness (QED) is 0.698. The molecule has 170 valence electrons. The maximum Gasteiger partial charge on any atom is 0.261 e. The van der Waals surface area contributed by atoms with Gasteiger partial charge in [-0.3, -0.25) is 19.4 Å². The van der Waals surface area contributed by atoms with Gasteiger partial charge in [0.15, 0.2) is 0 Å². The Balaban J connectivity index is 1.28. The summed E-state index contributed by atoms with van der Waals surface area (Å²) >= 11 is 7.22. The van der Waals surface area contributed by atoms with E-state index in [4.69, 9.17) is 11.6 Å². The fourth-order valence-corrected chi connectivity index (χ4v) is 6.48. The van der Waals surface area contributed by atoms with E-state index in [-0.39, 0.29) is 29.3 Å². The maximum atomic E-state index is 13.3. The summed E-state index contributed by atoms with van der Waals surface area (Å²) in [6, 6.07) is 11.5. The van der Waals surface area contributed by atoms with Gasteiger partial charge in [0, 0.05) is 24.2 Å². The van der Waals surface area contributed by atoms with Crippen molar-refractivity contribution in [3.8, 4) is 0 Å². The highest BCUT2D eigenvalue weighted by Crippen LogP contribution is 2.44. The van der Waals surface area contributed by atoms with Crippen molar-refractivity contribution in [1.29, 1.82) is 0 Å². The molecule has 0 spiro atoms. The summed E-state index contributed by atoms with van der Waals surface area (Å²) in [5, 5.41) is 3.06. The molecule has 2 atom stereocenters. The highest BCUT2D eigenvalue weighted by Gasteiger charge is 2.48. The molecule has 8 heteroatoms. The Kier molecular flexibility index (Phi) is 5.78. The van der Waals surface area contributed by atoms with Gasteiger partial charge in [0.2, 0.25) is 5.91 Å². The van der Waals surface area contributed by atoms with Crippen molar-refractivity contribution in [3.63, 3.8) is 0 Å². The molecule has 0 unspecified atom stereocenters. The molecule has 2 aliphatic heterocycles. The predicted molar refractivity (Wildman–Crippen MR) is 129 cm³/mol. The fraction of sp³-hybridized carbons (Fsp3) is 0.500. The fourth-order valence-electron chi connectivity index (χ4n) is 5.53. The number of amides is 2. The first-order valence-electron chi connectivity index (χ1n) is 11.2. The number of carbonyl (C=O) groups is 2. The maximum absolute atomic E-state index is 13.3. The molecule has 1 aliphatic carbocycles. The van der Waals surface area contributed by atoms with E-state index in [0.717, 1.165) is 25.2 Å². The van der Waals surface area contributed by atoms with Crippen molar-refractivity contribution in [2.24, 2.45) is 0 Å². The van der Waals surface area contributed by atoms with E-state index in [9.17, 15) is 9.59 Å². The van der Waals surface area contributed by atoms with E-state index in [0.29, 0.717) is 15.9 Å². The Morgan fingerprint density at radius 2 is 1.97 bits per heavy atom. The monoisotopic (exact) mass is 472 g/mol. The average Bonchev–Trinajstić information content (AvgIpc) is 3.42. The van der Waals surface area contributed by atoms with Crippen LogP contribution in [0.2, 0.25) is 4.34 Å². The first-order chi connectivity index (χ1) is 15.4. The Hall–Kier alpha value is -1.93. The molecule has 5 rings (SSSR count). The summed E-state index contributed by atoms with van der Waals surface area (Å²) in [7, 11) is 4.26.